The molecule has 29 heavy (non-hydrogen) atoms. The minimum absolute atomic E-state index is 0.0645. The Morgan fingerprint density at radius 1 is 1.10 bits per heavy atom. The smallest absolute Gasteiger partial charge is 0.267 e. The number of rotatable bonds is 6. The average molecular weight is 416 g/mol. The van der Waals surface area contributed by atoms with Gasteiger partial charge < -0.3 is 0 Å². The fourth-order valence-corrected chi connectivity index (χ4v) is 4.56. The summed E-state index contributed by atoms with van der Waals surface area (Å²) in [7, 11) is -3.64. The molecular formula is C19H20N4O5S. The average Bonchev–Trinajstić information content (AvgIpc) is 2.74. The highest BCUT2D eigenvalue weighted by molar-refractivity contribution is 7.89. The van der Waals surface area contributed by atoms with Crippen LogP contribution in [0.4, 0.5) is 5.69 Å². The van der Waals surface area contributed by atoms with Crippen molar-refractivity contribution in [3.8, 4) is 0 Å². The van der Waals surface area contributed by atoms with Gasteiger partial charge in [-0.05, 0) is 31.0 Å². The van der Waals surface area contributed by atoms with Gasteiger partial charge in [0, 0.05) is 36.3 Å². The molecule has 9 nitrogen and oxygen atoms in total. The molecule has 0 radical (unpaired) electrons. The fraction of sp³-hybridized carbons (Fsp3) is 0.263. The number of non-ortho nitro benzene ring substituents is 1. The minimum atomic E-state index is -3.64. The molecule has 0 aromatic heterocycles. The highest BCUT2D eigenvalue weighted by Crippen LogP contribution is 2.21. The van der Waals surface area contributed by atoms with Crippen molar-refractivity contribution < 1.29 is 18.1 Å². The summed E-state index contributed by atoms with van der Waals surface area (Å²) in [5, 5.41) is 14.6. The van der Waals surface area contributed by atoms with Crippen LogP contribution in [0.5, 0.6) is 0 Å². The Kier molecular flexibility index (Phi) is 6.35. The van der Waals surface area contributed by atoms with Crippen LogP contribution in [0.2, 0.25) is 0 Å². The quantitative estimate of drug-likeness (QED) is 0.440. The van der Waals surface area contributed by atoms with E-state index in [0.717, 1.165) is 19.3 Å². The summed E-state index contributed by atoms with van der Waals surface area (Å²) >= 11 is 0. The van der Waals surface area contributed by atoms with Gasteiger partial charge in [-0.25, -0.2) is 13.8 Å². The van der Waals surface area contributed by atoms with Gasteiger partial charge in [0.1, 0.15) is 0 Å². The molecule has 0 bridgehead atoms. The normalized spacial score (nSPS) is 15.3. The maximum absolute atomic E-state index is 12.8. The Labute approximate surface area is 168 Å². The van der Waals surface area contributed by atoms with Crippen molar-refractivity contribution in [3.63, 3.8) is 0 Å². The molecule has 2 aromatic carbocycles. The molecule has 152 valence electrons. The zero-order chi connectivity index (χ0) is 20.9. The van der Waals surface area contributed by atoms with Crippen LogP contribution in [0.25, 0.3) is 0 Å². The predicted molar refractivity (Wildman–Crippen MR) is 107 cm³/mol. The molecule has 1 saturated heterocycles. The van der Waals surface area contributed by atoms with Crippen molar-refractivity contribution in [2.45, 2.75) is 24.2 Å². The first-order valence-electron chi connectivity index (χ1n) is 9.06. The number of nitro groups is 1. The van der Waals surface area contributed by atoms with Gasteiger partial charge in [0.15, 0.2) is 0 Å². The summed E-state index contributed by atoms with van der Waals surface area (Å²) in [6, 6.07) is 11.6. The van der Waals surface area contributed by atoms with Crippen molar-refractivity contribution in [2.24, 2.45) is 5.10 Å². The van der Waals surface area contributed by atoms with Gasteiger partial charge in [-0.3, -0.25) is 14.9 Å². The van der Waals surface area contributed by atoms with Gasteiger partial charge in [-0.1, -0.05) is 24.6 Å². The monoisotopic (exact) mass is 416 g/mol. The van der Waals surface area contributed by atoms with E-state index in [-0.39, 0.29) is 16.1 Å². The first-order valence-corrected chi connectivity index (χ1v) is 10.5. The van der Waals surface area contributed by atoms with E-state index in [0.29, 0.717) is 18.7 Å². The molecule has 1 amide bonds. The van der Waals surface area contributed by atoms with Crippen LogP contribution in [0, 0.1) is 10.1 Å². The van der Waals surface area contributed by atoms with Crippen molar-refractivity contribution in [2.75, 3.05) is 13.1 Å². The number of nitrogens with zero attached hydrogens (tertiary/aromatic N) is 3. The zero-order valence-electron chi connectivity index (χ0n) is 15.5. The number of piperidine rings is 1. The number of nitro benzene ring substituents is 1. The molecule has 10 heteroatoms. The highest BCUT2D eigenvalue weighted by Gasteiger charge is 2.26. The van der Waals surface area contributed by atoms with Gasteiger partial charge in [0.2, 0.25) is 10.0 Å². The summed E-state index contributed by atoms with van der Waals surface area (Å²) in [5.74, 6) is -0.581. The number of amides is 1. The Morgan fingerprint density at radius 2 is 1.83 bits per heavy atom. The highest BCUT2D eigenvalue weighted by atomic mass is 32.2. The molecule has 1 N–H and O–H groups in total. The minimum Gasteiger partial charge on any atom is -0.267 e. The van der Waals surface area contributed by atoms with Crippen LogP contribution in [0.3, 0.4) is 0 Å². The molecule has 0 unspecified atom stereocenters. The molecule has 0 aliphatic carbocycles. The van der Waals surface area contributed by atoms with E-state index in [2.05, 4.69) is 10.5 Å². The first-order chi connectivity index (χ1) is 13.9. The lowest BCUT2D eigenvalue weighted by atomic mass is 10.2. The topological polar surface area (TPSA) is 122 Å². The third kappa shape index (κ3) is 5.04. The molecule has 0 spiro atoms. The Bertz CT molecular complexity index is 1050. The number of hydrogen-bond acceptors (Lipinski definition) is 6. The SMILES string of the molecule is O=C(NN=Cc1cccc([N+](=O)[O-])c1)c1cccc(S(=O)(=O)N2CCCCC2)c1. The Morgan fingerprint density at radius 3 is 2.55 bits per heavy atom. The molecule has 1 fully saturated rings. The number of nitrogens with one attached hydrogen (secondary N) is 1. The third-order valence-electron chi connectivity index (χ3n) is 4.51. The Balaban J connectivity index is 1.71. The molecule has 3 rings (SSSR count). The van der Waals surface area contributed by atoms with Gasteiger partial charge in [0.05, 0.1) is 16.0 Å². The third-order valence-corrected chi connectivity index (χ3v) is 6.40. The number of hydrogen-bond donors (Lipinski definition) is 1. The van der Waals surface area contributed by atoms with Gasteiger partial charge in [-0.15, -0.1) is 0 Å². The molecule has 0 atom stereocenters. The van der Waals surface area contributed by atoms with E-state index >= 15 is 0 Å². The van der Waals surface area contributed by atoms with Crippen LogP contribution >= 0.6 is 0 Å². The standard InChI is InChI=1S/C19H20N4O5S/c24-19(21-20-14-15-6-4-8-17(12-15)23(25)26)16-7-5-9-18(13-16)29(27,28)22-10-2-1-3-11-22/h4-9,12-14H,1-3,10-11H2,(H,21,24). The lowest BCUT2D eigenvalue weighted by Gasteiger charge is -2.25. The van der Waals surface area contributed by atoms with E-state index in [9.17, 15) is 23.3 Å². The van der Waals surface area contributed by atoms with Crippen molar-refractivity contribution >= 4 is 27.8 Å². The van der Waals surface area contributed by atoms with E-state index < -0.39 is 20.9 Å². The van der Waals surface area contributed by atoms with Crippen molar-refractivity contribution in [1.82, 2.24) is 9.73 Å². The van der Waals surface area contributed by atoms with Crippen LogP contribution in [0.1, 0.15) is 35.2 Å². The Hall–Kier alpha value is -3.11. The number of sulfonamides is 1. The van der Waals surface area contributed by atoms with Crippen LogP contribution < -0.4 is 5.43 Å². The molecule has 2 aromatic rings. The maximum Gasteiger partial charge on any atom is 0.271 e. The summed E-state index contributed by atoms with van der Waals surface area (Å²) < 4.78 is 27.0. The predicted octanol–water partition coefficient (Wildman–Crippen LogP) is 2.53. The molecule has 1 heterocycles. The van der Waals surface area contributed by atoms with Crippen molar-refractivity contribution in [3.05, 3.63) is 69.8 Å². The van der Waals surface area contributed by atoms with Crippen molar-refractivity contribution in [1.29, 1.82) is 0 Å². The van der Waals surface area contributed by atoms with Gasteiger partial charge in [0.25, 0.3) is 11.6 Å². The van der Waals surface area contributed by atoms with Crippen LogP contribution in [0.15, 0.2) is 58.5 Å². The second kappa shape index (κ2) is 8.93. The van der Waals surface area contributed by atoms with E-state index in [1.165, 1.54) is 53.0 Å². The number of carbonyl (C=O) groups excluding carboxylic acids is 1. The number of benzene rings is 2. The van der Waals surface area contributed by atoms with Crippen LogP contribution in [-0.2, 0) is 10.0 Å². The maximum atomic E-state index is 12.8. The lowest BCUT2D eigenvalue weighted by Crippen LogP contribution is -2.35. The zero-order valence-corrected chi connectivity index (χ0v) is 16.3. The second-order valence-corrected chi connectivity index (χ2v) is 8.48. The lowest BCUT2D eigenvalue weighted by molar-refractivity contribution is -0.384. The van der Waals surface area contributed by atoms with E-state index in [4.69, 9.17) is 0 Å². The first kappa shape index (κ1) is 20.6. The van der Waals surface area contributed by atoms with Crippen LogP contribution in [-0.4, -0.2) is 42.9 Å². The van der Waals surface area contributed by atoms with E-state index in [1.807, 2.05) is 0 Å². The summed E-state index contributed by atoms with van der Waals surface area (Å²) in [4.78, 5) is 22.7. The van der Waals surface area contributed by atoms with Gasteiger partial charge >= 0.3 is 0 Å². The molecular weight excluding hydrogens is 396 g/mol. The molecule has 1 aliphatic rings. The molecule has 0 saturated carbocycles. The van der Waals surface area contributed by atoms with E-state index in [1.54, 1.807) is 6.07 Å². The largest absolute Gasteiger partial charge is 0.271 e. The molecule has 1 aliphatic heterocycles. The van der Waals surface area contributed by atoms with Gasteiger partial charge in [-0.2, -0.15) is 9.41 Å². The second-order valence-electron chi connectivity index (χ2n) is 6.54. The summed E-state index contributed by atoms with van der Waals surface area (Å²) in [5.41, 5.74) is 2.82. The fourth-order valence-electron chi connectivity index (χ4n) is 3.00. The number of carbonyl (C=O) groups is 1. The summed E-state index contributed by atoms with van der Waals surface area (Å²) in [6.07, 6.45) is 3.94. The summed E-state index contributed by atoms with van der Waals surface area (Å²) in [6.45, 7) is 0.957. The number of hydrazone groups is 1.